The molecular formula is C19H30Cl2N6O. The summed E-state index contributed by atoms with van der Waals surface area (Å²) < 4.78 is 1.91. The van der Waals surface area contributed by atoms with Gasteiger partial charge >= 0.3 is 0 Å². The summed E-state index contributed by atoms with van der Waals surface area (Å²) >= 11 is 0. The van der Waals surface area contributed by atoms with E-state index in [1.165, 1.54) is 5.56 Å². The van der Waals surface area contributed by atoms with Crippen molar-refractivity contribution in [3.05, 3.63) is 47.3 Å². The van der Waals surface area contributed by atoms with Crippen molar-refractivity contribution < 1.29 is 4.79 Å². The zero-order valence-corrected chi connectivity index (χ0v) is 18.1. The molecule has 0 bridgehead atoms. The van der Waals surface area contributed by atoms with E-state index in [1.807, 2.05) is 29.8 Å². The smallest absolute Gasteiger partial charge is 0.273 e. The molecule has 9 heteroatoms. The summed E-state index contributed by atoms with van der Waals surface area (Å²) in [5.74, 6) is -0.143. The molecule has 1 aliphatic heterocycles. The molecule has 156 valence electrons. The van der Waals surface area contributed by atoms with Crippen molar-refractivity contribution in [1.29, 1.82) is 0 Å². The van der Waals surface area contributed by atoms with Gasteiger partial charge in [-0.3, -0.25) is 4.79 Å². The van der Waals surface area contributed by atoms with Crippen molar-refractivity contribution in [3.8, 4) is 0 Å². The quantitative estimate of drug-likeness (QED) is 0.706. The number of hydrogen-bond donors (Lipinski definition) is 2. The number of halogens is 2. The molecule has 1 aliphatic rings. The number of hydrogen-bond acceptors (Lipinski definition) is 5. The number of carbonyl (C=O) groups is 1. The van der Waals surface area contributed by atoms with Crippen LogP contribution in [0.1, 0.15) is 40.6 Å². The molecule has 28 heavy (non-hydrogen) atoms. The third-order valence-corrected chi connectivity index (χ3v) is 4.87. The second-order valence-electron chi connectivity index (χ2n) is 6.93. The molecule has 3 rings (SSSR count). The van der Waals surface area contributed by atoms with E-state index in [0.29, 0.717) is 18.3 Å². The van der Waals surface area contributed by atoms with Crippen molar-refractivity contribution in [2.24, 2.45) is 0 Å². The standard InChI is InChI=1S/C19H28N6O.2ClH/c1-15-18(22-23-25(15)17-8-10-20-11-9-17)19(26)21-12-13-24(2)14-16-6-4-3-5-7-16;;/h3-7,17,20H,8-14H2,1-2H3,(H,21,26);2*1H. The van der Waals surface area contributed by atoms with E-state index in [9.17, 15) is 4.79 Å². The van der Waals surface area contributed by atoms with Crippen LogP contribution in [0.2, 0.25) is 0 Å². The van der Waals surface area contributed by atoms with E-state index in [4.69, 9.17) is 0 Å². The molecule has 0 spiro atoms. The molecule has 2 heterocycles. The van der Waals surface area contributed by atoms with Gasteiger partial charge in [-0.15, -0.1) is 29.9 Å². The van der Waals surface area contributed by atoms with Crippen LogP contribution < -0.4 is 10.6 Å². The minimum Gasteiger partial charge on any atom is -0.349 e. The summed E-state index contributed by atoms with van der Waals surface area (Å²) in [6, 6.07) is 10.7. The summed E-state index contributed by atoms with van der Waals surface area (Å²) in [4.78, 5) is 14.6. The highest BCUT2D eigenvalue weighted by atomic mass is 35.5. The van der Waals surface area contributed by atoms with Gasteiger partial charge in [-0.2, -0.15) is 0 Å². The Morgan fingerprint density at radius 2 is 1.93 bits per heavy atom. The zero-order valence-electron chi connectivity index (χ0n) is 16.4. The third kappa shape index (κ3) is 6.44. The number of likely N-dealkylation sites (N-methyl/N-ethyl adjacent to an activating group) is 1. The van der Waals surface area contributed by atoms with E-state index in [0.717, 1.165) is 44.7 Å². The number of amides is 1. The number of carbonyl (C=O) groups excluding carboxylic acids is 1. The lowest BCUT2D eigenvalue weighted by Gasteiger charge is -2.23. The predicted molar refractivity (Wildman–Crippen MR) is 116 cm³/mol. The molecule has 2 aromatic rings. The van der Waals surface area contributed by atoms with Gasteiger partial charge in [0.05, 0.1) is 11.7 Å². The third-order valence-electron chi connectivity index (χ3n) is 4.87. The molecule has 1 saturated heterocycles. The van der Waals surface area contributed by atoms with Crippen LogP contribution in [0.25, 0.3) is 0 Å². The molecule has 0 radical (unpaired) electrons. The fourth-order valence-corrected chi connectivity index (χ4v) is 3.37. The van der Waals surface area contributed by atoms with Gasteiger partial charge in [-0.25, -0.2) is 4.68 Å². The Bertz CT molecular complexity index is 718. The maximum atomic E-state index is 12.4. The summed E-state index contributed by atoms with van der Waals surface area (Å²) in [7, 11) is 2.05. The number of aromatic nitrogens is 3. The van der Waals surface area contributed by atoms with Crippen LogP contribution in [-0.4, -0.2) is 59.0 Å². The monoisotopic (exact) mass is 428 g/mol. The molecule has 2 N–H and O–H groups in total. The van der Waals surface area contributed by atoms with E-state index >= 15 is 0 Å². The largest absolute Gasteiger partial charge is 0.349 e. The summed E-state index contributed by atoms with van der Waals surface area (Å²) in [6.45, 7) is 6.13. The summed E-state index contributed by atoms with van der Waals surface area (Å²) in [6.07, 6.45) is 2.05. The number of rotatable bonds is 7. The van der Waals surface area contributed by atoms with Crippen LogP contribution in [-0.2, 0) is 6.54 Å². The van der Waals surface area contributed by atoms with E-state index in [1.54, 1.807) is 0 Å². The minimum atomic E-state index is -0.143. The molecular weight excluding hydrogens is 399 g/mol. The fraction of sp³-hybridized carbons (Fsp3) is 0.526. The number of nitrogens with one attached hydrogen (secondary N) is 2. The maximum Gasteiger partial charge on any atom is 0.273 e. The Balaban J connectivity index is 0.00000196. The molecule has 1 amide bonds. The van der Waals surface area contributed by atoms with E-state index < -0.39 is 0 Å². The molecule has 0 aliphatic carbocycles. The Morgan fingerprint density at radius 3 is 2.61 bits per heavy atom. The topological polar surface area (TPSA) is 75.1 Å². The number of piperidine rings is 1. The van der Waals surface area contributed by atoms with E-state index in [-0.39, 0.29) is 30.7 Å². The second-order valence-corrected chi connectivity index (χ2v) is 6.93. The molecule has 7 nitrogen and oxygen atoms in total. The van der Waals surface area contributed by atoms with Crippen molar-refractivity contribution in [2.75, 3.05) is 33.2 Å². The lowest BCUT2D eigenvalue weighted by atomic mass is 10.1. The molecule has 1 fully saturated rings. The van der Waals surface area contributed by atoms with Crippen molar-refractivity contribution in [1.82, 2.24) is 30.5 Å². The first-order valence-electron chi connectivity index (χ1n) is 9.28. The predicted octanol–water partition coefficient (Wildman–Crippen LogP) is 2.22. The first kappa shape index (κ1) is 24.4. The highest BCUT2D eigenvalue weighted by Gasteiger charge is 2.22. The van der Waals surface area contributed by atoms with Crippen LogP contribution in [0.4, 0.5) is 0 Å². The minimum absolute atomic E-state index is 0. The van der Waals surface area contributed by atoms with Crippen LogP contribution in [0.3, 0.4) is 0 Å². The molecule has 1 aromatic heterocycles. The number of nitrogens with zero attached hydrogens (tertiary/aromatic N) is 4. The fourth-order valence-electron chi connectivity index (χ4n) is 3.37. The Kier molecular flexibility index (Phi) is 10.5. The SMILES string of the molecule is Cc1c(C(=O)NCCN(C)Cc2ccccc2)nnn1C1CCNCC1.Cl.Cl. The first-order chi connectivity index (χ1) is 12.6. The van der Waals surface area contributed by atoms with E-state index in [2.05, 4.69) is 45.0 Å². The van der Waals surface area contributed by atoms with Crippen molar-refractivity contribution in [2.45, 2.75) is 32.4 Å². The van der Waals surface area contributed by atoms with Crippen LogP contribution in [0.15, 0.2) is 30.3 Å². The van der Waals surface area contributed by atoms with Crippen LogP contribution >= 0.6 is 24.8 Å². The highest BCUT2D eigenvalue weighted by molar-refractivity contribution is 5.93. The Hall–Kier alpha value is -1.67. The van der Waals surface area contributed by atoms with Gasteiger partial charge in [-0.1, -0.05) is 35.5 Å². The Labute approximate surface area is 179 Å². The van der Waals surface area contributed by atoms with Crippen molar-refractivity contribution in [3.63, 3.8) is 0 Å². The second kappa shape index (κ2) is 12.0. The summed E-state index contributed by atoms with van der Waals surface area (Å²) in [5, 5.41) is 14.7. The molecule has 0 unspecified atom stereocenters. The van der Waals surface area contributed by atoms with Crippen LogP contribution in [0, 0.1) is 6.92 Å². The lowest BCUT2D eigenvalue weighted by molar-refractivity contribution is 0.0944. The summed E-state index contributed by atoms with van der Waals surface area (Å²) in [5.41, 5.74) is 2.56. The van der Waals surface area contributed by atoms with Gasteiger partial charge in [0.25, 0.3) is 5.91 Å². The average Bonchev–Trinajstić information content (AvgIpc) is 3.04. The molecule has 0 saturated carbocycles. The van der Waals surface area contributed by atoms with Gasteiger partial charge in [0.15, 0.2) is 5.69 Å². The van der Waals surface area contributed by atoms with Crippen molar-refractivity contribution >= 4 is 30.7 Å². The normalized spacial score (nSPS) is 14.2. The van der Waals surface area contributed by atoms with Gasteiger partial charge in [0.1, 0.15) is 0 Å². The molecule has 1 aromatic carbocycles. The zero-order chi connectivity index (χ0) is 18.4. The molecule has 0 atom stereocenters. The Morgan fingerprint density at radius 1 is 1.25 bits per heavy atom. The van der Waals surface area contributed by atoms with Gasteiger partial charge in [-0.05, 0) is 45.5 Å². The highest BCUT2D eigenvalue weighted by Crippen LogP contribution is 2.20. The van der Waals surface area contributed by atoms with Gasteiger partial charge in [0.2, 0.25) is 0 Å². The van der Waals surface area contributed by atoms with Gasteiger partial charge in [0, 0.05) is 19.6 Å². The van der Waals surface area contributed by atoms with Gasteiger partial charge < -0.3 is 15.5 Å². The first-order valence-corrected chi connectivity index (χ1v) is 9.28. The lowest BCUT2D eigenvalue weighted by Crippen LogP contribution is -2.33. The van der Waals surface area contributed by atoms with Crippen LogP contribution in [0.5, 0.6) is 0 Å². The average molecular weight is 429 g/mol. The maximum absolute atomic E-state index is 12.4. The number of benzene rings is 1.